The zero-order valence-electron chi connectivity index (χ0n) is 26.2. The van der Waals surface area contributed by atoms with Crippen LogP contribution in [-0.4, -0.2) is 52.2 Å². The minimum Gasteiger partial charge on any atom is -0.487 e. The number of likely N-dealkylation sites (N-methyl/N-ethyl adjacent to an activating group) is 1. The maximum atomic E-state index is 13.7. The number of benzene rings is 2. The van der Waals surface area contributed by atoms with Gasteiger partial charge in [-0.25, -0.2) is 9.78 Å². The molecule has 2 aliphatic heterocycles. The molecule has 2 atom stereocenters. The van der Waals surface area contributed by atoms with Crippen molar-refractivity contribution in [1.82, 2.24) is 14.5 Å². The van der Waals surface area contributed by atoms with Crippen molar-refractivity contribution in [2.24, 2.45) is 0 Å². The van der Waals surface area contributed by atoms with E-state index >= 15 is 0 Å². The Morgan fingerprint density at radius 2 is 1.96 bits per heavy atom. The number of nitriles is 1. The van der Waals surface area contributed by atoms with Gasteiger partial charge in [-0.1, -0.05) is 19.1 Å². The molecule has 0 bridgehead atoms. The molecule has 2 aliphatic rings. The molecule has 0 spiro atoms. The number of aromatic nitrogens is 2. The monoisotopic (exact) mass is 607 g/mol. The fourth-order valence-corrected chi connectivity index (χ4v) is 6.18. The van der Waals surface area contributed by atoms with E-state index in [1.807, 2.05) is 51.4 Å². The summed E-state index contributed by atoms with van der Waals surface area (Å²) in [5.41, 5.74) is 4.17. The maximum Gasteiger partial charge on any atom is 0.343 e. The lowest BCUT2D eigenvalue weighted by Gasteiger charge is -2.31. The highest BCUT2D eigenvalue weighted by molar-refractivity contribution is 5.91. The van der Waals surface area contributed by atoms with Crippen LogP contribution in [0.3, 0.4) is 0 Å². The Labute approximate surface area is 261 Å². The smallest absolute Gasteiger partial charge is 0.343 e. The topological polar surface area (TPSA) is 130 Å². The number of anilines is 1. The zero-order valence-corrected chi connectivity index (χ0v) is 26.2. The molecule has 232 valence electrons. The van der Waals surface area contributed by atoms with Gasteiger partial charge < -0.3 is 29.4 Å². The summed E-state index contributed by atoms with van der Waals surface area (Å²) in [7, 11) is 4.03. The summed E-state index contributed by atoms with van der Waals surface area (Å²) >= 11 is 0. The highest BCUT2D eigenvalue weighted by Crippen LogP contribution is 2.41. The molecule has 10 nitrogen and oxygen atoms in total. The van der Waals surface area contributed by atoms with Crippen LogP contribution in [0, 0.1) is 11.3 Å². The minimum atomic E-state index is -1.90. The Balaban J connectivity index is 1.48. The van der Waals surface area contributed by atoms with Gasteiger partial charge in [0.05, 0.1) is 34.6 Å². The fraction of sp³-hybridized carbons (Fsp3) is 0.371. The predicted molar refractivity (Wildman–Crippen MR) is 171 cm³/mol. The van der Waals surface area contributed by atoms with Crippen molar-refractivity contribution in [3.63, 3.8) is 0 Å². The maximum absolute atomic E-state index is 13.7. The Bertz CT molecular complexity index is 1920. The molecule has 10 heteroatoms. The summed E-state index contributed by atoms with van der Waals surface area (Å²) in [6.45, 7) is 7.08. The van der Waals surface area contributed by atoms with Crippen molar-refractivity contribution in [2.75, 3.05) is 26.0 Å². The first-order valence-electron chi connectivity index (χ1n) is 15.3. The number of nitrogens with one attached hydrogen (secondary N) is 1. The van der Waals surface area contributed by atoms with Gasteiger partial charge in [0.1, 0.15) is 25.0 Å². The van der Waals surface area contributed by atoms with Crippen LogP contribution in [-0.2, 0) is 41.3 Å². The number of carbonyl (C=O) groups excluding carboxylic acids is 1. The van der Waals surface area contributed by atoms with Crippen LogP contribution in [0.2, 0.25) is 0 Å². The van der Waals surface area contributed by atoms with Gasteiger partial charge in [-0.05, 0) is 76.7 Å². The highest BCUT2D eigenvalue weighted by Gasteiger charge is 2.45. The molecule has 2 aromatic carbocycles. The molecule has 2 N–H and O–H groups in total. The third-order valence-electron chi connectivity index (χ3n) is 9.09. The summed E-state index contributed by atoms with van der Waals surface area (Å²) in [5, 5.41) is 25.6. The third-order valence-corrected chi connectivity index (χ3v) is 9.09. The van der Waals surface area contributed by atoms with Crippen molar-refractivity contribution < 1.29 is 19.4 Å². The molecule has 0 aliphatic carbocycles. The summed E-state index contributed by atoms with van der Waals surface area (Å²) in [5.74, 6) is -0.228. The molecule has 4 heterocycles. The molecular weight excluding hydrogens is 570 g/mol. The predicted octanol–water partition coefficient (Wildman–Crippen LogP) is 4.45. The van der Waals surface area contributed by atoms with E-state index < -0.39 is 11.6 Å². The van der Waals surface area contributed by atoms with Gasteiger partial charge in [0.2, 0.25) is 0 Å². The SMILES string of the molecule is CCNc1ccc(COc2c(C#N)cc3nc4c(cc3c2CC(C)N(C)C)Cn2c-4cc3c(c2=O)COC(=O)[C@]3(O)CC)cc1. The van der Waals surface area contributed by atoms with E-state index in [1.165, 1.54) is 0 Å². The fourth-order valence-electron chi connectivity index (χ4n) is 6.18. The summed E-state index contributed by atoms with van der Waals surface area (Å²) in [4.78, 5) is 33.3. The molecule has 45 heavy (non-hydrogen) atoms. The van der Waals surface area contributed by atoms with E-state index in [1.54, 1.807) is 23.6 Å². The van der Waals surface area contributed by atoms with Gasteiger partial charge >= 0.3 is 5.97 Å². The van der Waals surface area contributed by atoms with Gasteiger partial charge in [0, 0.05) is 40.4 Å². The molecular formula is C35H37N5O5. The van der Waals surface area contributed by atoms with Crippen LogP contribution >= 0.6 is 0 Å². The van der Waals surface area contributed by atoms with Crippen molar-refractivity contribution >= 4 is 22.6 Å². The van der Waals surface area contributed by atoms with Crippen LogP contribution in [0.25, 0.3) is 22.3 Å². The van der Waals surface area contributed by atoms with Crippen molar-refractivity contribution in [3.8, 4) is 23.2 Å². The molecule has 0 saturated carbocycles. The number of aliphatic hydroxyl groups is 1. The second-order valence-electron chi connectivity index (χ2n) is 12.0. The molecule has 0 fully saturated rings. The molecule has 0 radical (unpaired) electrons. The third kappa shape index (κ3) is 5.12. The van der Waals surface area contributed by atoms with Crippen molar-refractivity contribution in [1.29, 1.82) is 5.26 Å². The number of ether oxygens (including phenoxy) is 2. The zero-order chi connectivity index (χ0) is 32.0. The number of esters is 1. The number of rotatable bonds is 9. The van der Waals surface area contributed by atoms with E-state index in [0.717, 1.165) is 34.3 Å². The Morgan fingerprint density at radius 1 is 1.20 bits per heavy atom. The first-order valence-corrected chi connectivity index (χ1v) is 15.3. The van der Waals surface area contributed by atoms with Crippen LogP contribution in [0.4, 0.5) is 5.69 Å². The summed E-state index contributed by atoms with van der Waals surface area (Å²) in [6, 6.07) is 16.0. The van der Waals surface area contributed by atoms with Gasteiger partial charge in [0.15, 0.2) is 5.60 Å². The van der Waals surface area contributed by atoms with Crippen LogP contribution < -0.4 is 15.6 Å². The lowest BCUT2D eigenvalue weighted by atomic mass is 9.86. The van der Waals surface area contributed by atoms with E-state index in [2.05, 4.69) is 23.2 Å². The van der Waals surface area contributed by atoms with E-state index in [-0.39, 0.29) is 42.3 Å². The van der Waals surface area contributed by atoms with Gasteiger partial charge in [-0.2, -0.15) is 5.26 Å². The minimum absolute atomic E-state index is 0.0707. The lowest BCUT2D eigenvalue weighted by Crippen LogP contribution is -2.44. The molecule has 6 rings (SSSR count). The summed E-state index contributed by atoms with van der Waals surface area (Å²) < 4.78 is 13.3. The average Bonchev–Trinajstić information content (AvgIpc) is 3.40. The average molecular weight is 608 g/mol. The van der Waals surface area contributed by atoms with Gasteiger partial charge in [0.25, 0.3) is 5.56 Å². The van der Waals surface area contributed by atoms with Crippen LogP contribution in [0.15, 0.2) is 47.3 Å². The molecule has 1 unspecified atom stereocenters. The van der Waals surface area contributed by atoms with Gasteiger partial charge in [-0.3, -0.25) is 4.79 Å². The number of carbonyl (C=O) groups is 1. The molecule has 4 aromatic rings. The molecule has 2 aromatic heterocycles. The number of nitrogens with zero attached hydrogens (tertiary/aromatic N) is 4. The normalized spacial score (nSPS) is 17.3. The number of pyridine rings is 2. The number of hydrogen-bond acceptors (Lipinski definition) is 9. The lowest BCUT2D eigenvalue weighted by molar-refractivity contribution is -0.172. The van der Waals surface area contributed by atoms with Gasteiger partial charge in [-0.15, -0.1) is 0 Å². The second kappa shape index (κ2) is 11.7. The molecule has 0 saturated heterocycles. The summed E-state index contributed by atoms with van der Waals surface area (Å²) in [6.07, 6.45) is 0.680. The van der Waals surface area contributed by atoms with Crippen LogP contribution in [0.5, 0.6) is 5.75 Å². The van der Waals surface area contributed by atoms with E-state index in [0.29, 0.717) is 41.2 Å². The van der Waals surface area contributed by atoms with Crippen LogP contribution in [0.1, 0.15) is 60.6 Å². The first-order chi connectivity index (χ1) is 21.6. The second-order valence-corrected chi connectivity index (χ2v) is 12.0. The quantitative estimate of drug-likeness (QED) is 0.233. The van der Waals surface area contributed by atoms with Crippen molar-refractivity contribution in [3.05, 3.63) is 86.2 Å². The Hall–Kier alpha value is -4.72. The highest BCUT2D eigenvalue weighted by atomic mass is 16.6. The largest absolute Gasteiger partial charge is 0.487 e. The Morgan fingerprint density at radius 3 is 2.62 bits per heavy atom. The molecule has 0 amide bonds. The number of cyclic esters (lactones) is 1. The van der Waals surface area contributed by atoms with Crippen molar-refractivity contribution in [2.45, 2.75) is 65.0 Å². The standard InChI is InChI=1S/C35H37N5O5/c1-6-35(43)28-15-30-31-23(17-40(30)33(41)27(28)19-45-34(35)42)13-25-26(12-20(3)39(4)5)32(22(16-36)14-29(25)38-31)44-18-21-8-10-24(11-9-21)37-7-2/h8-11,13-15,20,37,43H,6-7,12,17-19H2,1-5H3/t20?,35-/m0/s1. The Kier molecular flexibility index (Phi) is 7.85. The van der Waals surface area contributed by atoms with E-state index in [4.69, 9.17) is 14.5 Å². The number of hydrogen-bond donors (Lipinski definition) is 2. The van der Waals surface area contributed by atoms with E-state index in [9.17, 15) is 20.0 Å². The first kappa shape index (κ1) is 30.3. The number of fused-ring (bicyclic) bond motifs is 5.